The number of nitrogens with zero attached hydrogens (tertiary/aromatic N) is 1. The average Bonchev–Trinajstić information content (AvgIpc) is 2.32. The van der Waals surface area contributed by atoms with E-state index in [4.69, 9.17) is 10.5 Å². The fourth-order valence-corrected chi connectivity index (χ4v) is 2.26. The SMILES string of the molecule is BCCc1ccc(OC2CN(CN)C2)c(C)c1O. The molecule has 0 bridgehead atoms. The summed E-state index contributed by atoms with van der Waals surface area (Å²) in [5, 5.41) is 10.1. The van der Waals surface area contributed by atoms with Gasteiger partial charge in [-0.25, -0.2) is 0 Å². The number of nitrogens with two attached hydrogens (primary N) is 1. The van der Waals surface area contributed by atoms with Crippen LogP contribution in [0.2, 0.25) is 6.32 Å². The summed E-state index contributed by atoms with van der Waals surface area (Å²) in [6.45, 7) is 4.23. The first-order valence-corrected chi connectivity index (χ1v) is 6.56. The van der Waals surface area contributed by atoms with Crippen molar-refractivity contribution in [1.29, 1.82) is 0 Å². The molecule has 1 heterocycles. The molecule has 18 heavy (non-hydrogen) atoms. The third-order valence-electron chi connectivity index (χ3n) is 3.46. The predicted molar refractivity (Wildman–Crippen MR) is 74.9 cm³/mol. The molecule has 0 amide bonds. The molecule has 1 aromatic carbocycles. The maximum absolute atomic E-state index is 10.1. The van der Waals surface area contributed by atoms with Gasteiger partial charge in [0.15, 0.2) is 0 Å². The maximum atomic E-state index is 10.1. The molecule has 3 N–H and O–H groups in total. The van der Waals surface area contributed by atoms with Crippen molar-refractivity contribution in [2.24, 2.45) is 5.73 Å². The lowest BCUT2D eigenvalue weighted by atomic mass is 9.95. The summed E-state index contributed by atoms with van der Waals surface area (Å²) in [7, 11) is 2.11. The normalized spacial score (nSPS) is 16.6. The molecule has 0 unspecified atom stereocenters. The van der Waals surface area contributed by atoms with Crippen LogP contribution in [0.15, 0.2) is 12.1 Å². The average molecular weight is 248 g/mol. The first kappa shape index (κ1) is 13.2. The number of aryl methyl sites for hydroxylation is 1. The second kappa shape index (κ2) is 5.63. The van der Waals surface area contributed by atoms with E-state index in [2.05, 4.69) is 12.7 Å². The van der Waals surface area contributed by atoms with Crippen molar-refractivity contribution in [3.63, 3.8) is 0 Å². The third kappa shape index (κ3) is 2.62. The Bertz CT molecular complexity index is 420. The van der Waals surface area contributed by atoms with Gasteiger partial charge in [0.1, 0.15) is 25.4 Å². The molecular formula is C13H21BN2O2. The van der Waals surface area contributed by atoms with Crippen LogP contribution in [0.5, 0.6) is 11.5 Å². The van der Waals surface area contributed by atoms with Crippen molar-refractivity contribution in [2.75, 3.05) is 19.8 Å². The molecule has 0 aliphatic carbocycles. The lowest BCUT2D eigenvalue weighted by molar-refractivity contribution is 0.0213. The van der Waals surface area contributed by atoms with Crippen LogP contribution in [-0.4, -0.2) is 43.7 Å². The highest BCUT2D eigenvalue weighted by molar-refractivity contribution is 6.08. The van der Waals surface area contributed by atoms with Gasteiger partial charge in [0.05, 0.1) is 0 Å². The predicted octanol–water partition coefficient (Wildman–Crippen LogP) is 0.274. The van der Waals surface area contributed by atoms with Gasteiger partial charge in [-0.15, -0.1) is 0 Å². The number of benzene rings is 1. The minimum Gasteiger partial charge on any atom is -0.507 e. The molecule has 4 nitrogen and oxygen atoms in total. The van der Waals surface area contributed by atoms with Crippen LogP contribution in [0.3, 0.4) is 0 Å². The van der Waals surface area contributed by atoms with E-state index in [1.54, 1.807) is 0 Å². The molecule has 98 valence electrons. The summed E-state index contributed by atoms with van der Waals surface area (Å²) in [6, 6.07) is 3.92. The van der Waals surface area contributed by atoms with E-state index in [0.717, 1.165) is 42.7 Å². The molecule has 1 saturated heterocycles. The van der Waals surface area contributed by atoms with E-state index in [1.807, 2.05) is 19.1 Å². The van der Waals surface area contributed by atoms with E-state index in [-0.39, 0.29) is 6.10 Å². The first-order valence-electron chi connectivity index (χ1n) is 6.56. The number of ether oxygens (including phenoxy) is 1. The lowest BCUT2D eigenvalue weighted by Gasteiger charge is -2.38. The molecular weight excluding hydrogens is 227 g/mol. The van der Waals surface area contributed by atoms with Crippen molar-refractivity contribution in [1.82, 2.24) is 4.90 Å². The zero-order valence-corrected chi connectivity index (χ0v) is 11.1. The topological polar surface area (TPSA) is 58.7 Å². The van der Waals surface area contributed by atoms with Gasteiger partial charge in [-0.1, -0.05) is 12.4 Å². The number of rotatable bonds is 5. The summed E-state index contributed by atoms with van der Waals surface area (Å²) >= 11 is 0. The Morgan fingerprint density at radius 2 is 2.22 bits per heavy atom. The van der Waals surface area contributed by atoms with E-state index in [1.165, 1.54) is 0 Å². The van der Waals surface area contributed by atoms with E-state index in [0.29, 0.717) is 12.4 Å². The Labute approximate surface area is 109 Å². The van der Waals surface area contributed by atoms with Crippen molar-refractivity contribution in [2.45, 2.75) is 25.8 Å². The number of likely N-dealkylation sites (tertiary alicyclic amines) is 1. The Morgan fingerprint density at radius 1 is 1.50 bits per heavy atom. The second-order valence-corrected chi connectivity index (χ2v) is 4.90. The number of hydrogen-bond donors (Lipinski definition) is 2. The van der Waals surface area contributed by atoms with Crippen molar-refractivity contribution < 1.29 is 9.84 Å². The number of hydrogen-bond acceptors (Lipinski definition) is 4. The number of phenols is 1. The molecule has 5 heteroatoms. The van der Waals surface area contributed by atoms with Crippen molar-refractivity contribution in [3.8, 4) is 11.5 Å². The van der Waals surface area contributed by atoms with E-state index in [9.17, 15) is 5.11 Å². The van der Waals surface area contributed by atoms with Gasteiger partial charge < -0.3 is 15.6 Å². The molecule has 0 saturated carbocycles. The highest BCUT2D eigenvalue weighted by atomic mass is 16.5. The van der Waals surface area contributed by atoms with Crippen LogP contribution in [0.25, 0.3) is 0 Å². The molecule has 0 spiro atoms. The fraction of sp³-hybridized carbons (Fsp3) is 0.538. The molecule has 1 aliphatic rings. The molecule has 2 rings (SSSR count). The molecule has 1 aliphatic heterocycles. The Balaban J connectivity index is 2.03. The van der Waals surface area contributed by atoms with E-state index >= 15 is 0 Å². The van der Waals surface area contributed by atoms with Crippen LogP contribution >= 0.6 is 0 Å². The second-order valence-electron chi connectivity index (χ2n) is 4.90. The third-order valence-corrected chi connectivity index (χ3v) is 3.46. The van der Waals surface area contributed by atoms with E-state index < -0.39 is 0 Å². The molecule has 1 fully saturated rings. The van der Waals surface area contributed by atoms with Gasteiger partial charge in [0.25, 0.3) is 0 Å². The van der Waals surface area contributed by atoms with Crippen LogP contribution in [0.4, 0.5) is 0 Å². The van der Waals surface area contributed by atoms with Crippen LogP contribution < -0.4 is 10.5 Å². The zero-order chi connectivity index (χ0) is 13.1. The molecule has 1 aromatic rings. The smallest absolute Gasteiger partial charge is 0.126 e. The summed E-state index contributed by atoms with van der Waals surface area (Å²) in [5.41, 5.74) is 7.37. The van der Waals surface area contributed by atoms with Gasteiger partial charge >= 0.3 is 0 Å². The van der Waals surface area contributed by atoms with Gasteiger partial charge in [0.2, 0.25) is 0 Å². The largest absolute Gasteiger partial charge is 0.507 e. The van der Waals surface area contributed by atoms with Crippen LogP contribution in [-0.2, 0) is 6.42 Å². The Kier molecular flexibility index (Phi) is 4.14. The maximum Gasteiger partial charge on any atom is 0.126 e. The van der Waals surface area contributed by atoms with Gasteiger partial charge in [-0.05, 0) is 25.0 Å². The van der Waals surface area contributed by atoms with Gasteiger partial charge in [-0.2, -0.15) is 0 Å². The summed E-state index contributed by atoms with van der Waals surface area (Å²) in [5.74, 6) is 1.17. The van der Waals surface area contributed by atoms with Gasteiger partial charge in [-0.3, -0.25) is 4.90 Å². The summed E-state index contributed by atoms with van der Waals surface area (Å²) in [6.07, 6.45) is 2.13. The Morgan fingerprint density at radius 3 is 2.83 bits per heavy atom. The zero-order valence-electron chi connectivity index (χ0n) is 11.1. The molecule has 0 atom stereocenters. The minimum absolute atomic E-state index is 0.198. The molecule has 0 aromatic heterocycles. The van der Waals surface area contributed by atoms with Crippen LogP contribution in [0, 0.1) is 6.92 Å². The monoisotopic (exact) mass is 248 g/mol. The highest BCUT2D eigenvalue weighted by Crippen LogP contribution is 2.32. The quantitative estimate of drug-likeness (QED) is 0.734. The number of phenolic OH excluding ortho intramolecular Hbond substituents is 1. The summed E-state index contributed by atoms with van der Waals surface area (Å²) in [4.78, 5) is 2.12. The van der Waals surface area contributed by atoms with Crippen molar-refractivity contribution in [3.05, 3.63) is 23.3 Å². The summed E-state index contributed by atoms with van der Waals surface area (Å²) < 4.78 is 5.87. The highest BCUT2D eigenvalue weighted by Gasteiger charge is 2.27. The van der Waals surface area contributed by atoms with Crippen LogP contribution in [0.1, 0.15) is 11.1 Å². The lowest BCUT2D eigenvalue weighted by Crippen LogP contribution is -2.55. The fourth-order valence-electron chi connectivity index (χ4n) is 2.26. The van der Waals surface area contributed by atoms with Gasteiger partial charge in [0, 0.05) is 25.3 Å². The first-order chi connectivity index (χ1) is 8.65. The minimum atomic E-state index is 0.198. The standard InChI is InChI=1S/C13H21BN2O2/c1-9-12(18-11-6-16(7-11)8-15)3-2-10(4-5-14)13(9)17/h2-3,11,17H,4-8,14-15H2,1H3. The van der Waals surface area contributed by atoms with Crippen molar-refractivity contribution >= 4 is 7.85 Å². The molecule has 0 radical (unpaired) electrons. The Hall–Kier alpha value is -1.20. The number of aromatic hydroxyl groups is 1.